The number of hydrogen-bond acceptors (Lipinski definition) is 3. The summed E-state index contributed by atoms with van der Waals surface area (Å²) in [5.74, 6) is -0.925. The van der Waals surface area contributed by atoms with Gasteiger partial charge in [0.25, 0.3) is 0 Å². The van der Waals surface area contributed by atoms with Crippen molar-refractivity contribution in [2.75, 3.05) is 0 Å². The molecule has 148 valence electrons. The van der Waals surface area contributed by atoms with Crippen LogP contribution in [-0.4, -0.2) is 16.1 Å². The van der Waals surface area contributed by atoms with Crippen LogP contribution in [0.1, 0.15) is 34.3 Å². The summed E-state index contributed by atoms with van der Waals surface area (Å²) >= 11 is 1.44. The molecule has 0 fully saturated rings. The lowest BCUT2D eigenvalue weighted by Gasteiger charge is -2.18. The van der Waals surface area contributed by atoms with Crippen molar-refractivity contribution in [1.82, 2.24) is 4.98 Å². The second-order valence-electron chi connectivity index (χ2n) is 7.60. The SMILES string of the molecule is O=C(O)c1cccc2scnc12.c1ccc2c(c1)ccc1c3c(ccc12)CCCC3. The molecule has 0 aliphatic heterocycles. The van der Waals surface area contributed by atoms with Crippen molar-refractivity contribution in [2.24, 2.45) is 0 Å². The van der Waals surface area contributed by atoms with Gasteiger partial charge in [0.05, 0.1) is 21.3 Å². The summed E-state index contributed by atoms with van der Waals surface area (Å²) in [6.07, 6.45) is 5.22. The number of hydrogen-bond donors (Lipinski definition) is 1. The van der Waals surface area contributed by atoms with E-state index in [1.165, 1.54) is 58.6 Å². The van der Waals surface area contributed by atoms with Gasteiger partial charge in [0.15, 0.2) is 0 Å². The fourth-order valence-electron chi connectivity index (χ4n) is 4.40. The third kappa shape index (κ3) is 3.33. The molecule has 0 saturated carbocycles. The van der Waals surface area contributed by atoms with Crippen LogP contribution < -0.4 is 0 Å². The topological polar surface area (TPSA) is 50.2 Å². The van der Waals surface area contributed by atoms with E-state index in [-0.39, 0.29) is 5.56 Å². The molecule has 4 heteroatoms. The van der Waals surface area contributed by atoms with Crippen molar-refractivity contribution >= 4 is 49.1 Å². The zero-order valence-electron chi connectivity index (χ0n) is 16.5. The average Bonchev–Trinajstić information content (AvgIpc) is 3.28. The van der Waals surface area contributed by atoms with Gasteiger partial charge in [-0.2, -0.15) is 0 Å². The van der Waals surface area contributed by atoms with E-state index in [1.807, 2.05) is 6.07 Å². The van der Waals surface area contributed by atoms with Crippen molar-refractivity contribution < 1.29 is 9.90 Å². The van der Waals surface area contributed by atoms with Gasteiger partial charge in [0.1, 0.15) is 0 Å². The Morgan fingerprint density at radius 3 is 2.57 bits per heavy atom. The molecule has 1 heterocycles. The van der Waals surface area contributed by atoms with Crippen molar-refractivity contribution in [2.45, 2.75) is 25.7 Å². The van der Waals surface area contributed by atoms with E-state index in [2.05, 4.69) is 53.5 Å². The van der Waals surface area contributed by atoms with Gasteiger partial charge in [-0.05, 0) is 70.5 Å². The van der Waals surface area contributed by atoms with Crippen molar-refractivity contribution in [1.29, 1.82) is 0 Å². The minimum absolute atomic E-state index is 0.272. The van der Waals surface area contributed by atoms with Gasteiger partial charge < -0.3 is 5.11 Å². The summed E-state index contributed by atoms with van der Waals surface area (Å²) < 4.78 is 0.912. The van der Waals surface area contributed by atoms with Gasteiger partial charge in [0.2, 0.25) is 0 Å². The van der Waals surface area contributed by atoms with E-state index in [9.17, 15) is 4.79 Å². The van der Waals surface area contributed by atoms with Crippen LogP contribution in [0.25, 0.3) is 31.8 Å². The fraction of sp³-hybridized carbons (Fsp3) is 0.154. The molecule has 30 heavy (non-hydrogen) atoms. The molecule has 0 spiro atoms. The number of carboxylic acid groups (broad SMARTS) is 1. The predicted octanol–water partition coefficient (Wildman–Crippen LogP) is 6.87. The maximum absolute atomic E-state index is 10.7. The molecule has 1 aromatic heterocycles. The number of carboxylic acids is 1. The third-order valence-electron chi connectivity index (χ3n) is 5.85. The molecule has 1 N–H and O–H groups in total. The van der Waals surface area contributed by atoms with Crippen LogP contribution in [-0.2, 0) is 12.8 Å². The van der Waals surface area contributed by atoms with Crippen LogP contribution in [0.4, 0.5) is 0 Å². The van der Waals surface area contributed by atoms with Gasteiger partial charge in [0, 0.05) is 0 Å². The highest BCUT2D eigenvalue weighted by Gasteiger charge is 2.13. The van der Waals surface area contributed by atoms with Crippen LogP contribution >= 0.6 is 11.3 Å². The summed E-state index contributed by atoms with van der Waals surface area (Å²) in [5.41, 5.74) is 5.68. The Bertz CT molecular complexity index is 1390. The molecule has 5 aromatic rings. The first-order valence-electron chi connectivity index (χ1n) is 10.2. The highest BCUT2D eigenvalue weighted by Crippen LogP contribution is 2.33. The second-order valence-corrected chi connectivity index (χ2v) is 8.49. The Hall–Kier alpha value is -3.24. The van der Waals surface area contributed by atoms with E-state index in [0.717, 1.165) is 4.70 Å². The van der Waals surface area contributed by atoms with Crippen LogP contribution in [0.15, 0.2) is 72.2 Å². The number of aromatic carboxylic acids is 1. The van der Waals surface area contributed by atoms with E-state index in [1.54, 1.807) is 28.8 Å². The van der Waals surface area contributed by atoms with Crippen molar-refractivity contribution in [3.8, 4) is 0 Å². The van der Waals surface area contributed by atoms with Gasteiger partial charge in [-0.3, -0.25) is 0 Å². The number of nitrogens with zero attached hydrogens (tertiary/aromatic N) is 1. The molecule has 0 saturated heterocycles. The third-order valence-corrected chi connectivity index (χ3v) is 6.64. The summed E-state index contributed by atoms with van der Waals surface area (Å²) in [5, 5.41) is 14.4. The Labute approximate surface area is 178 Å². The van der Waals surface area contributed by atoms with Crippen LogP contribution in [0.5, 0.6) is 0 Å². The molecule has 0 amide bonds. The molecule has 0 bridgehead atoms. The lowest BCUT2D eigenvalue weighted by atomic mass is 9.86. The lowest BCUT2D eigenvalue weighted by molar-refractivity contribution is 0.0699. The number of aromatic nitrogens is 1. The first-order chi connectivity index (χ1) is 14.7. The lowest BCUT2D eigenvalue weighted by Crippen LogP contribution is -2.02. The van der Waals surface area contributed by atoms with Gasteiger partial charge >= 0.3 is 5.97 Å². The number of benzene rings is 4. The predicted molar refractivity (Wildman–Crippen MR) is 125 cm³/mol. The molecule has 0 atom stereocenters. The maximum Gasteiger partial charge on any atom is 0.337 e. The number of carbonyl (C=O) groups is 1. The number of rotatable bonds is 1. The minimum Gasteiger partial charge on any atom is -0.478 e. The molecule has 1 aliphatic carbocycles. The number of para-hydroxylation sites is 1. The average molecular weight is 412 g/mol. The maximum atomic E-state index is 10.7. The summed E-state index contributed by atoms with van der Waals surface area (Å²) in [6, 6.07) is 23.1. The molecule has 1 aliphatic rings. The molecular weight excluding hydrogens is 390 g/mol. The van der Waals surface area contributed by atoms with Crippen molar-refractivity contribution in [3.05, 3.63) is 88.9 Å². The van der Waals surface area contributed by atoms with Gasteiger partial charge in [-0.25, -0.2) is 9.78 Å². The zero-order chi connectivity index (χ0) is 20.5. The monoisotopic (exact) mass is 411 g/mol. The van der Waals surface area contributed by atoms with Crippen LogP contribution in [0, 0.1) is 0 Å². The first kappa shape index (κ1) is 18.8. The summed E-state index contributed by atoms with van der Waals surface area (Å²) in [4.78, 5) is 14.7. The smallest absolute Gasteiger partial charge is 0.337 e. The van der Waals surface area contributed by atoms with Crippen LogP contribution in [0.2, 0.25) is 0 Å². The fourth-order valence-corrected chi connectivity index (χ4v) is 5.10. The zero-order valence-corrected chi connectivity index (χ0v) is 17.3. The molecule has 0 unspecified atom stereocenters. The summed E-state index contributed by atoms with van der Waals surface area (Å²) in [7, 11) is 0. The van der Waals surface area contributed by atoms with Gasteiger partial charge in [-0.15, -0.1) is 11.3 Å². The highest BCUT2D eigenvalue weighted by molar-refractivity contribution is 7.16. The van der Waals surface area contributed by atoms with E-state index in [0.29, 0.717) is 5.52 Å². The normalized spacial score (nSPS) is 13.1. The standard InChI is InChI=1S/C18H16.C8H5NO2S/c1-3-7-15-13(5-1)9-11-18-16-8-4-2-6-14(16)10-12-17(15)18;10-8(11)5-2-1-3-6-7(5)9-4-12-6/h1,3,5,7,9-12H,2,4,6,8H2;1-4H,(H,10,11). The van der Waals surface area contributed by atoms with E-state index >= 15 is 0 Å². The van der Waals surface area contributed by atoms with E-state index < -0.39 is 5.97 Å². The van der Waals surface area contributed by atoms with Crippen molar-refractivity contribution in [3.63, 3.8) is 0 Å². The van der Waals surface area contributed by atoms with E-state index in [4.69, 9.17) is 5.11 Å². The Balaban J connectivity index is 0.000000140. The molecule has 6 rings (SSSR count). The minimum atomic E-state index is -0.925. The Morgan fingerprint density at radius 1 is 0.833 bits per heavy atom. The number of thiazole rings is 1. The molecule has 4 aromatic carbocycles. The molecule has 0 radical (unpaired) electrons. The van der Waals surface area contributed by atoms with Gasteiger partial charge in [-0.1, -0.05) is 54.6 Å². The summed E-state index contributed by atoms with van der Waals surface area (Å²) in [6.45, 7) is 0. The number of aryl methyl sites for hydroxylation is 2. The quantitative estimate of drug-likeness (QED) is 0.306. The molecular formula is C26H21NO2S. The first-order valence-corrected chi connectivity index (χ1v) is 11.1. The number of fused-ring (bicyclic) bond motifs is 6. The Kier molecular flexibility index (Phi) is 4.93. The Morgan fingerprint density at radius 2 is 1.67 bits per heavy atom. The second kappa shape index (κ2) is 7.88. The molecule has 3 nitrogen and oxygen atoms in total. The van der Waals surface area contributed by atoms with Crippen LogP contribution in [0.3, 0.4) is 0 Å². The highest BCUT2D eigenvalue weighted by atomic mass is 32.1. The largest absolute Gasteiger partial charge is 0.478 e.